The van der Waals surface area contributed by atoms with Gasteiger partial charge in [-0.05, 0) is 0 Å². The minimum Gasteiger partial charge on any atom is -0.380 e. The Morgan fingerprint density at radius 3 is 3.10 bits per heavy atom. The average molecular weight is 212 g/mol. The molecule has 2 fully saturated rings. The number of halogens is 2. The van der Waals surface area contributed by atoms with Crippen molar-refractivity contribution in [2.75, 3.05) is 19.8 Å². The highest BCUT2D eigenvalue weighted by Gasteiger charge is 2.51. The van der Waals surface area contributed by atoms with Crippen LogP contribution in [-0.4, -0.2) is 32.0 Å². The van der Waals surface area contributed by atoms with Crippen LogP contribution < -0.4 is 5.32 Å². The third-order valence-corrected chi connectivity index (χ3v) is 2.01. The van der Waals surface area contributed by atoms with Crippen molar-refractivity contribution < 1.29 is 9.13 Å². The fourth-order valence-corrected chi connectivity index (χ4v) is 1.31. The van der Waals surface area contributed by atoms with Crippen molar-refractivity contribution in [1.82, 2.24) is 5.32 Å². The molecule has 2 nitrogen and oxygen atoms in total. The van der Waals surface area contributed by atoms with E-state index in [4.69, 9.17) is 4.74 Å². The Balaban J connectivity index is 0.000000500. The number of hydrogen-bond donors (Lipinski definition) is 1. The molecule has 4 heteroatoms. The lowest BCUT2D eigenvalue weighted by Gasteiger charge is -1.98. The van der Waals surface area contributed by atoms with Crippen LogP contribution in [-0.2, 0) is 4.74 Å². The zero-order chi connectivity index (χ0) is 6.27. The first-order valence-electron chi connectivity index (χ1n) is 3.35. The predicted molar refractivity (Wildman–Crippen MR) is 41.3 cm³/mol. The van der Waals surface area contributed by atoms with Crippen LogP contribution in [0.4, 0.5) is 4.39 Å². The highest BCUT2D eigenvalue weighted by atomic mass is 79.9. The molecule has 0 bridgehead atoms. The van der Waals surface area contributed by atoms with Gasteiger partial charge in [0.2, 0.25) is 0 Å². The van der Waals surface area contributed by atoms with Crippen molar-refractivity contribution in [3.63, 3.8) is 0 Å². The quantitative estimate of drug-likeness (QED) is 0.632. The van der Waals surface area contributed by atoms with Crippen molar-refractivity contribution in [2.24, 2.45) is 5.92 Å². The van der Waals surface area contributed by atoms with Crippen LogP contribution in [0.1, 0.15) is 0 Å². The zero-order valence-corrected chi connectivity index (χ0v) is 7.26. The summed E-state index contributed by atoms with van der Waals surface area (Å²) in [5, 5.41) is 3.07. The van der Waals surface area contributed by atoms with E-state index in [0.717, 1.165) is 13.2 Å². The number of rotatable bonds is 0. The summed E-state index contributed by atoms with van der Waals surface area (Å²) in [6.07, 6.45) is -0.634. The first-order chi connectivity index (χ1) is 4.39. The van der Waals surface area contributed by atoms with Gasteiger partial charge in [-0.1, -0.05) is 0 Å². The summed E-state index contributed by atoms with van der Waals surface area (Å²) in [4.78, 5) is 0. The second-order valence-electron chi connectivity index (χ2n) is 2.66. The van der Waals surface area contributed by atoms with E-state index < -0.39 is 6.17 Å². The lowest BCUT2D eigenvalue weighted by Crippen LogP contribution is -2.21. The summed E-state index contributed by atoms with van der Waals surface area (Å²) in [6, 6.07) is 0.118. The fraction of sp³-hybridized carbons (Fsp3) is 1.00. The fourth-order valence-electron chi connectivity index (χ4n) is 1.31. The highest BCUT2D eigenvalue weighted by Crippen LogP contribution is 2.35. The number of fused-ring (bicyclic) bond motifs is 1. The zero-order valence-electron chi connectivity index (χ0n) is 5.55. The molecule has 0 aromatic heterocycles. The highest BCUT2D eigenvalue weighted by molar-refractivity contribution is 8.93. The number of alkyl halides is 1. The van der Waals surface area contributed by atoms with Gasteiger partial charge in [-0.2, -0.15) is 0 Å². The summed E-state index contributed by atoms with van der Waals surface area (Å²) in [5.41, 5.74) is 0. The van der Waals surface area contributed by atoms with Crippen LogP contribution >= 0.6 is 17.0 Å². The first-order valence-corrected chi connectivity index (χ1v) is 3.35. The van der Waals surface area contributed by atoms with E-state index in [1.165, 1.54) is 0 Å². The topological polar surface area (TPSA) is 21.3 Å². The minimum absolute atomic E-state index is 0. The van der Waals surface area contributed by atoms with E-state index in [0.29, 0.717) is 6.61 Å². The molecule has 2 rings (SSSR count). The minimum atomic E-state index is -0.634. The third-order valence-electron chi connectivity index (χ3n) is 2.01. The van der Waals surface area contributed by atoms with Gasteiger partial charge in [0.15, 0.2) is 0 Å². The smallest absolute Gasteiger partial charge is 0.122 e. The van der Waals surface area contributed by atoms with E-state index in [9.17, 15) is 4.39 Å². The maximum Gasteiger partial charge on any atom is 0.122 e. The van der Waals surface area contributed by atoms with Crippen molar-refractivity contribution >= 4 is 17.0 Å². The van der Waals surface area contributed by atoms with Crippen molar-refractivity contribution in [2.45, 2.75) is 12.2 Å². The second-order valence-corrected chi connectivity index (χ2v) is 2.66. The van der Waals surface area contributed by atoms with E-state index in [1.807, 2.05) is 0 Å². The van der Waals surface area contributed by atoms with Crippen LogP contribution in [0, 0.1) is 5.92 Å². The monoisotopic (exact) mass is 211 g/mol. The van der Waals surface area contributed by atoms with Gasteiger partial charge in [-0.25, -0.2) is 4.39 Å². The molecule has 1 saturated carbocycles. The Bertz CT molecular complexity index is 112. The molecule has 2 aliphatic rings. The van der Waals surface area contributed by atoms with Gasteiger partial charge in [0.25, 0.3) is 0 Å². The molecule has 60 valence electrons. The average Bonchev–Trinajstić information content (AvgIpc) is 2.51. The predicted octanol–water partition coefficient (Wildman–Crippen LogP) is 0.521. The van der Waals surface area contributed by atoms with Gasteiger partial charge in [0, 0.05) is 18.5 Å². The van der Waals surface area contributed by atoms with Crippen molar-refractivity contribution in [3.8, 4) is 0 Å². The summed E-state index contributed by atoms with van der Waals surface area (Å²) in [5.74, 6) is 0.160. The van der Waals surface area contributed by atoms with Crippen LogP contribution in [0.15, 0.2) is 0 Å². The van der Waals surface area contributed by atoms with Gasteiger partial charge in [0.05, 0.1) is 13.2 Å². The molecule has 1 saturated heterocycles. The molecular weight excluding hydrogens is 201 g/mol. The SMILES string of the molecule is Br.F[C@H]1[C@@H]2COCCN[C@H]12. The molecule has 3 atom stereocenters. The van der Waals surface area contributed by atoms with Crippen LogP contribution in [0.25, 0.3) is 0 Å². The summed E-state index contributed by atoms with van der Waals surface area (Å²) >= 11 is 0. The molecule has 0 unspecified atom stereocenters. The van der Waals surface area contributed by atoms with Gasteiger partial charge >= 0.3 is 0 Å². The molecule has 0 aromatic carbocycles. The largest absolute Gasteiger partial charge is 0.380 e. The number of hydrogen-bond acceptors (Lipinski definition) is 2. The van der Waals surface area contributed by atoms with Gasteiger partial charge in [0.1, 0.15) is 6.17 Å². The van der Waals surface area contributed by atoms with E-state index in [-0.39, 0.29) is 28.9 Å². The summed E-state index contributed by atoms with van der Waals surface area (Å²) < 4.78 is 17.6. The normalized spacial score (nSPS) is 44.7. The third kappa shape index (κ3) is 1.33. The molecule has 1 aliphatic carbocycles. The Hall–Kier alpha value is 0.330. The maximum atomic E-state index is 12.5. The first kappa shape index (κ1) is 8.43. The lowest BCUT2D eigenvalue weighted by molar-refractivity contribution is 0.129. The molecule has 0 aromatic rings. The summed E-state index contributed by atoms with van der Waals surface area (Å²) in [7, 11) is 0. The molecule has 1 heterocycles. The Labute approximate surface area is 69.9 Å². The Morgan fingerprint density at radius 2 is 2.30 bits per heavy atom. The molecule has 0 spiro atoms. The maximum absolute atomic E-state index is 12.5. The molecule has 0 radical (unpaired) electrons. The summed E-state index contributed by atoms with van der Waals surface area (Å²) in [6.45, 7) is 2.15. The van der Waals surface area contributed by atoms with Crippen LogP contribution in [0.2, 0.25) is 0 Å². The Kier molecular flexibility index (Phi) is 2.66. The standard InChI is InChI=1S/C6H10FNO.BrH/c7-5-4-3-9-2-1-8-6(4)5;/h4-6,8H,1-3H2;1H/t4-,5-,6-;/m0./s1. The van der Waals surface area contributed by atoms with Gasteiger partial charge < -0.3 is 10.1 Å². The van der Waals surface area contributed by atoms with Crippen molar-refractivity contribution in [3.05, 3.63) is 0 Å². The van der Waals surface area contributed by atoms with E-state index in [1.54, 1.807) is 0 Å². The molecule has 10 heavy (non-hydrogen) atoms. The van der Waals surface area contributed by atoms with Crippen LogP contribution in [0.3, 0.4) is 0 Å². The number of ether oxygens (including phenoxy) is 1. The lowest BCUT2D eigenvalue weighted by atomic mass is 10.4. The van der Waals surface area contributed by atoms with Gasteiger partial charge in [-0.15, -0.1) is 17.0 Å². The molecule has 1 N–H and O–H groups in total. The molecule has 1 aliphatic heterocycles. The van der Waals surface area contributed by atoms with E-state index >= 15 is 0 Å². The van der Waals surface area contributed by atoms with E-state index in [2.05, 4.69) is 5.32 Å². The van der Waals surface area contributed by atoms with Gasteiger partial charge in [-0.3, -0.25) is 0 Å². The number of nitrogens with one attached hydrogen (secondary N) is 1. The second kappa shape index (κ2) is 3.15. The molecule has 0 amide bonds. The Morgan fingerprint density at radius 1 is 1.50 bits per heavy atom. The van der Waals surface area contributed by atoms with Crippen molar-refractivity contribution in [1.29, 1.82) is 0 Å². The molecular formula is C6H11BrFNO. The van der Waals surface area contributed by atoms with Crippen LogP contribution in [0.5, 0.6) is 0 Å².